The van der Waals surface area contributed by atoms with Crippen molar-refractivity contribution in [1.29, 1.82) is 0 Å². The van der Waals surface area contributed by atoms with Crippen LogP contribution in [0.4, 0.5) is 13.2 Å². The Kier molecular flexibility index (Phi) is 5.47. The summed E-state index contributed by atoms with van der Waals surface area (Å²) >= 11 is 0. The number of likely N-dealkylation sites (tertiary alicyclic amines) is 2. The molecule has 12 heteroatoms. The van der Waals surface area contributed by atoms with E-state index in [0.717, 1.165) is 54.3 Å². The van der Waals surface area contributed by atoms with E-state index in [1.54, 1.807) is 11.1 Å². The zero-order valence-corrected chi connectivity index (χ0v) is 19.1. The van der Waals surface area contributed by atoms with Crippen LogP contribution in [-0.2, 0) is 6.18 Å². The average Bonchev–Trinajstić information content (AvgIpc) is 3.53. The highest BCUT2D eigenvalue weighted by molar-refractivity contribution is 5.92. The van der Waals surface area contributed by atoms with Gasteiger partial charge in [-0.05, 0) is 30.5 Å². The van der Waals surface area contributed by atoms with Crippen molar-refractivity contribution in [2.45, 2.75) is 25.1 Å². The van der Waals surface area contributed by atoms with Crippen LogP contribution in [0, 0.1) is 6.04 Å². The van der Waals surface area contributed by atoms with Gasteiger partial charge in [0.1, 0.15) is 17.4 Å². The van der Waals surface area contributed by atoms with Crippen LogP contribution in [0.15, 0.2) is 49.3 Å². The summed E-state index contributed by atoms with van der Waals surface area (Å²) in [7, 11) is 0. The highest BCUT2D eigenvalue weighted by Gasteiger charge is 2.37. The topological polar surface area (TPSA) is 95.8 Å². The molecule has 9 nitrogen and oxygen atoms in total. The molecule has 2 aliphatic heterocycles. The number of aromatic nitrogens is 6. The first kappa shape index (κ1) is 22.7. The van der Waals surface area contributed by atoms with Gasteiger partial charge in [0.25, 0.3) is 5.91 Å². The summed E-state index contributed by atoms with van der Waals surface area (Å²) < 4.78 is 40.0. The molecular formula is C24H22F3N8O. The van der Waals surface area contributed by atoms with Crippen LogP contribution < -0.4 is 0 Å². The van der Waals surface area contributed by atoms with Crippen molar-refractivity contribution in [2.24, 2.45) is 0 Å². The smallest absolute Gasteiger partial charge is 0.346 e. The third-order valence-corrected chi connectivity index (χ3v) is 6.88. The van der Waals surface area contributed by atoms with Crippen LogP contribution in [0.2, 0.25) is 0 Å². The van der Waals surface area contributed by atoms with E-state index >= 15 is 0 Å². The number of halogens is 3. The second-order valence-corrected chi connectivity index (χ2v) is 9.05. The van der Waals surface area contributed by atoms with Gasteiger partial charge >= 0.3 is 6.18 Å². The molecule has 4 aromatic rings. The van der Waals surface area contributed by atoms with E-state index in [0.29, 0.717) is 25.3 Å². The fourth-order valence-corrected chi connectivity index (χ4v) is 4.85. The van der Waals surface area contributed by atoms with Gasteiger partial charge in [0.05, 0.1) is 18.6 Å². The molecule has 0 saturated carbocycles. The summed E-state index contributed by atoms with van der Waals surface area (Å²) in [5, 5.41) is 5.62. The monoisotopic (exact) mass is 495 g/mol. The van der Waals surface area contributed by atoms with E-state index in [1.165, 1.54) is 6.04 Å². The van der Waals surface area contributed by atoms with Crippen molar-refractivity contribution in [2.75, 3.05) is 26.2 Å². The minimum absolute atomic E-state index is 0.0679. The number of carbonyl (C=O) groups excluding carboxylic acids is 1. The summed E-state index contributed by atoms with van der Waals surface area (Å²) in [6.45, 7) is 2.66. The van der Waals surface area contributed by atoms with Crippen molar-refractivity contribution in [3.8, 4) is 11.1 Å². The van der Waals surface area contributed by atoms with Gasteiger partial charge in [-0.1, -0.05) is 0 Å². The third kappa shape index (κ3) is 4.11. The molecule has 6 heterocycles. The lowest BCUT2D eigenvalue weighted by atomic mass is 9.97. The number of piperidine rings is 1. The van der Waals surface area contributed by atoms with Crippen molar-refractivity contribution in [3.63, 3.8) is 0 Å². The maximum atomic E-state index is 12.7. The number of aromatic amines is 1. The molecule has 2 saturated heterocycles. The van der Waals surface area contributed by atoms with Crippen molar-refractivity contribution >= 4 is 16.9 Å². The first-order chi connectivity index (χ1) is 17.4. The van der Waals surface area contributed by atoms with E-state index < -0.39 is 11.9 Å². The molecule has 0 atom stereocenters. The molecule has 2 fully saturated rings. The molecule has 1 N–H and O–H groups in total. The number of hydrogen-bond acceptors (Lipinski definition) is 6. The Labute approximate surface area is 204 Å². The Bertz CT molecular complexity index is 1380. The van der Waals surface area contributed by atoms with Gasteiger partial charge in [-0.25, -0.2) is 15.0 Å². The number of carbonyl (C=O) groups is 1. The molecule has 1 amide bonds. The Morgan fingerprint density at radius 3 is 2.56 bits per heavy atom. The predicted molar refractivity (Wildman–Crippen MR) is 123 cm³/mol. The molecule has 0 aromatic carbocycles. The van der Waals surface area contributed by atoms with Crippen molar-refractivity contribution in [3.05, 3.63) is 66.7 Å². The van der Waals surface area contributed by atoms with Crippen molar-refractivity contribution < 1.29 is 18.0 Å². The fourth-order valence-electron chi connectivity index (χ4n) is 4.85. The minimum atomic E-state index is -4.58. The van der Waals surface area contributed by atoms with E-state index in [-0.39, 0.29) is 11.6 Å². The Balaban J connectivity index is 1.03. The maximum absolute atomic E-state index is 12.7. The second kappa shape index (κ2) is 8.70. The lowest BCUT2D eigenvalue weighted by Gasteiger charge is -2.46. The quantitative estimate of drug-likeness (QED) is 0.467. The standard InChI is InChI=1S/C24H22F3N8O/c25-24(26,27)21-11-30-20(10-31-21)23(36)33-7-3-16(4-8-33)34-13-17(14-34)35-12-15(9-32-35)18-1-5-28-22-19(18)2-6-29-22/h1-2,5-6,9-12,16H,3-4,7-8,13-14H2,(H,28,29). The molecule has 0 unspecified atom stereocenters. The SMILES string of the molecule is O=C(c1cnc(C(F)(F)F)cn1)N1CCC(N2C[C](n3cc(-c4ccnc5[nH]ccc45)cn3)C2)CC1. The van der Waals surface area contributed by atoms with Crippen LogP contribution in [0.5, 0.6) is 0 Å². The van der Waals surface area contributed by atoms with Crippen LogP contribution in [0.1, 0.15) is 29.0 Å². The van der Waals surface area contributed by atoms with Gasteiger partial charge in [-0.2, -0.15) is 18.3 Å². The molecule has 0 bridgehead atoms. The molecule has 0 aliphatic carbocycles. The van der Waals surface area contributed by atoms with Crippen LogP contribution in [0.3, 0.4) is 0 Å². The summed E-state index contributed by atoms with van der Waals surface area (Å²) in [6.07, 6.45) is 6.08. The summed E-state index contributed by atoms with van der Waals surface area (Å²) in [6, 6.07) is 5.54. The number of alkyl halides is 3. The number of fused-ring (bicyclic) bond motifs is 1. The Hall–Kier alpha value is -3.80. The third-order valence-electron chi connectivity index (χ3n) is 6.88. The van der Waals surface area contributed by atoms with E-state index in [2.05, 4.69) is 29.9 Å². The first-order valence-electron chi connectivity index (χ1n) is 11.6. The molecule has 1 radical (unpaired) electrons. The average molecular weight is 495 g/mol. The van der Waals surface area contributed by atoms with E-state index in [4.69, 9.17) is 0 Å². The molecular weight excluding hydrogens is 473 g/mol. The van der Waals surface area contributed by atoms with Crippen LogP contribution in [-0.4, -0.2) is 77.6 Å². The Morgan fingerprint density at radius 2 is 1.83 bits per heavy atom. The number of pyridine rings is 1. The molecule has 36 heavy (non-hydrogen) atoms. The van der Waals surface area contributed by atoms with E-state index in [1.807, 2.05) is 35.4 Å². The van der Waals surface area contributed by atoms with E-state index in [9.17, 15) is 18.0 Å². The fraction of sp³-hybridized carbons (Fsp3) is 0.333. The normalized spacial score (nSPS) is 18.0. The zero-order chi connectivity index (χ0) is 24.9. The lowest BCUT2D eigenvalue weighted by molar-refractivity contribution is -0.141. The van der Waals surface area contributed by atoms with Crippen molar-refractivity contribution in [1.82, 2.24) is 39.5 Å². The number of hydrogen-bond donors (Lipinski definition) is 1. The summed E-state index contributed by atoms with van der Waals surface area (Å²) in [4.78, 5) is 31.1. The zero-order valence-electron chi connectivity index (χ0n) is 19.1. The van der Waals surface area contributed by atoms with Gasteiger partial charge in [0, 0.05) is 61.8 Å². The number of rotatable bonds is 4. The summed E-state index contributed by atoms with van der Waals surface area (Å²) in [5.74, 6) is -0.387. The Morgan fingerprint density at radius 1 is 1.03 bits per heavy atom. The molecule has 2 aliphatic rings. The number of nitrogens with one attached hydrogen (secondary N) is 1. The highest BCUT2D eigenvalue weighted by atomic mass is 19.4. The molecule has 6 rings (SSSR count). The highest BCUT2D eigenvalue weighted by Crippen LogP contribution is 2.31. The maximum Gasteiger partial charge on any atom is 0.434 e. The van der Waals surface area contributed by atoms with Gasteiger partial charge in [0.2, 0.25) is 0 Å². The molecule has 0 spiro atoms. The van der Waals surface area contributed by atoms with Gasteiger partial charge in [-0.3, -0.25) is 14.4 Å². The lowest BCUT2D eigenvalue weighted by Crippen LogP contribution is -2.56. The first-order valence-corrected chi connectivity index (χ1v) is 11.6. The largest absolute Gasteiger partial charge is 0.434 e. The van der Waals surface area contributed by atoms with Crippen LogP contribution >= 0.6 is 0 Å². The second-order valence-electron chi connectivity index (χ2n) is 9.05. The van der Waals surface area contributed by atoms with Gasteiger partial charge in [-0.15, -0.1) is 0 Å². The molecule has 4 aromatic heterocycles. The van der Waals surface area contributed by atoms with Gasteiger partial charge in [0.15, 0.2) is 5.69 Å². The van der Waals surface area contributed by atoms with Gasteiger partial charge < -0.3 is 9.88 Å². The number of amides is 1. The minimum Gasteiger partial charge on any atom is -0.346 e. The number of nitrogens with zero attached hydrogens (tertiary/aromatic N) is 7. The molecule has 185 valence electrons. The predicted octanol–water partition coefficient (Wildman–Crippen LogP) is 3.24. The summed E-state index contributed by atoms with van der Waals surface area (Å²) in [5.41, 5.74) is 1.79. The van der Waals surface area contributed by atoms with Crippen LogP contribution in [0.25, 0.3) is 22.2 Å². The number of H-pyrrole nitrogens is 1.